The molecule has 0 saturated carbocycles. The normalized spacial score (nSPS) is 12.4. The second-order valence-corrected chi connectivity index (χ2v) is 8.16. The first-order valence-corrected chi connectivity index (χ1v) is 8.93. The molecule has 8 heteroatoms. The minimum atomic E-state index is -0.869. The third-order valence-corrected chi connectivity index (χ3v) is 4.34. The van der Waals surface area contributed by atoms with Gasteiger partial charge < -0.3 is 19.9 Å². The predicted octanol–water partition coefficient (Wildman–Crippen LogP) is 3.21. The van der Waals surface area contributed by atoms with Crippen molar-refractivity contribution in [3.8, 4) is 5.75 Å². The number of ether oxygens (including phenoxy) is 2. The number of carbonyl (C=O) groups excluding carboxylic acids is 2. The largest absolute Gasteiger partial charge is 0.506 e. The zero-order chi connectivity index (χ0) is 17.8. The summed E-state index contributed by atoms with van der Waals surface area (Å²) < 4.78 is 11.2. The number of halogens is 2. The van der Waals surface area contributed by atoms with E-state index >= 15 is 0 Å². The third-order valence-electron chi connectivity index (χ3n) is 2.69. The Kier molecular flexibility index (Phi) is 7.36. The molecule has 0 saturated heterocycles. The summed E-state index contributed by atoms with van der Waals surface area (Å²) in [6.45, 7) is 5.22. The highest BCUT2D eigenvalue weighted by Crippen LogP contribution is 2.28. The van der Waals surface area contributed by atoms with Gasteiger partial charge in [-0.05, 0) is 83.6 Å². The van der Waals surface area contributed by atoms with Crippen molar-refractivity contribution >= 4 is 57.2 Å². The maximum absolute atomic E-state index is 11.9. The molecule has 0 aliphatic heterocycles. The van der Waals surface area contributed by atoms with Gasteiger partial charge in [-0.15, -0.1) is 0 Å². The highest BCUT2D eigenvalue weighted by molar-refractivity contribution is 14.1. The van der Waals surface area contributed by atoms with Crippen molar-refractivity contribution < 1.29 is 24.2 Å². The Bertz CT molecular complexity index is 575. The van der Waals surface area contributed by atoms with Crippen LogP contribution in [0, 0.1) is 7.14 Å². The summed E-state index contributed by atoms with van der Waals surface area (Å²) >= 11 is 4.02. The average Bonchev–Trinajstić information content (AvgIpc) is 2.41. The molecule has 0 heterocycles. The second-order valence-electron chi connectivity index (χ2n) is 5.83. The fourth-order valence-corrected chi connectivity index (χ4v) is 3.65. The van der Waals surface area contributed by atoms with E-state index in [1.165, 1.54) is 7.11 Å². The summed E-state index contributed by atoms with van der Waals surface area (Å²) in [5, 5.41) is 12.3. The van der Waals surface area contributed by atoms with Crippen molar-refractivity contribution in [2.75, 3.05) is 7.11 Å². The Morgan fingerprint density at radius 1 is 1.26 bits per heavy atom. The molecule has 0 aliphatic carbocycles. The van der Waals surface area contributed by atoms with Gasteiger partial charge in [-0.25, -0.2) is 9.59 Å². The highest BCUT2D eigenvalue weighted by Gasteiger charge is 2.25. The molecule has 6 nitrogen and oxygen atoms in total. The average molecular weight is 547 g/mol. The predicted molar refractivity (Wildman–Crippen MR) is 102 cm³/mol. The first kappa shape index (κ1) is 20.3. The van der Waals surface area contributed by atoms with Crippen LogP contribution in [0.5, 0.6) is 5.75 Å². The van der Waals surface area contributed by atoms with E-state index in [9.17, 15) is 14.7 Å². The van der Waals surface area contributed by atoms with E-state index in [-0.39, 0.29) is 12.2 Å². The van der Waals surface area contributed by atoms with Gasteiger partial charge in [-0.1, -0.05) is 0 Å². The van der Waals surface area contributed by atoms with Crippen molar-refractivity contribution in [1.29, 1.82) is 0 Å². The lowest BCUT2D eigenvalue weighted by atomic mass is 10.1. The van der Waals surface area contributed by atoms with Crippen molar-refractivity contribution in [3.63, 3.8) is 0 Å². The van der Waals surface area contributed by atoms with E-state index < -0.39 is 23.7 Å². The van der Waals surface area contributed by atoms with Crippen LogP contribution in [0.1, 0.15) is 26.3 Å². The van der Waals surface area contributed by atoms with Crippen molar-refractivity contribution in [2.45, 2.75) is 38.8 Å². The minimum Gasteiger partial charge on any atom is -0.506 e. The summed E-state index contributed by atoms with van der Waals surface area (Å²) in [6.07, 6.45) is -0.450. The summed E-state index contributed by atoms with van der Waals surface area (Å²) in [5.41, 5.74) is 0.136. The van der Waals surface area contributed by atoms with Gasteiger partial charge in [0, 0.05) is 6.42 Å². The van der Waals surface area contributed by atoms with Crippen LogP contribution in [0.4, 0.5) is 4.79 Å². The summed E-state index contributed by atoms with van der Waals surface area (Å²) in [7, 11) is 1.26. The van der Waals surface area contributed by atoms with E-state index in [0.29, 0.717) is 7.14 Å². The molecule has 2 N–H and O–H groups in total. The molecule has 0 bridgehead atoms. The SMILES string of the molecule is COC(=O)[C@@H](Cc1cc(I)c(O)c(I)c1)NC(=O)OC(C)(C)C. The number of esters is 1. The Labute approximate surface area is 162 Å². The molecule has 0 fully saturated rings. The standard InChI is InChI=1S/C15H19I2NO5/c1-15(2,3)23-14(21)18-11(13(20)22-4)7-8-5-9(16)12(19)10(17)6-8/h5-6,11,19H,7H2,1-4H3,(H,18,21)/t11-/m1/s1. The lowest BCUT2D eigenvalue weighted by molar-refractivity contribution is -0.143. The molecular formula is C15H19I2NO5. The first-order chi connectivity index (χ1) is 10.5. The number of rotatable bonds is 4. The van der Waals surface area contributed by atoms with E-state index in [0.717, 1.165) is 5.56 Å². The number of benzene rings is 1. The number of aromatic hydroxyl groups is 1. The number of nitrogens with one attached hydrogen (secondary N) is 1. The maximum atomic E-state index is 11.9. The molecule has 0 aromatic heterocycles. The monoisotopic (exact) mass is 547 g/mol. The van der Waals surface area contributed by atoms with E-state index in [4.69, 9.17) is 9.47 Å². The molecule has 128 valence electrons. The van der Waals surface area contributed by atoms with Gasteiger partial charge in [0.15, 0.2) is 0 Å². The van der Waals surface area contributed by atoms with Crippen LogP contribution in [-0.4, -0.2) is 35.9 Å². The molecule has 0 spiro atoms. The molecule has 1 aromatic rings. The number of amides is 1. The van der Waals surface area contributed by atoms with Gasteiger partial charge in [0.25, 0.3) is 0 Å². The maximum Gasteiger partial charge on any atom is 0.408 e. The van der Waals surface area contributed by atoms with Crippen LogP contribution in [0.3, 0.4) is 0 Å². The lowest BCUT2D eigenvalue weighted by Gasteiger charge is -2.22. The van der Waals surface area contributed by atoms with E-state index in [1.807, 2.05) is 45.2 Å². The zero-order valence-electron chi connectivity index (χ0n) is 13.3. The molecule has 1 aromatic carbocycles. The van der Waals surface area contributed by atoms with Gasteiger partial charge in [0.2, 0.25) is 0 Å². The van der Waals surface area contributed by atoms with Crippen LogP contribution in [0.15, 0.2) is 12.1 Å². The number of phenols is 1. The number of hydrogen-bond acceptors (Lipinski definition) is 5. The van der Waals surface area contributed by atoms with Crippen LogP contribution in [0.25, 0.3) is 0 Å². The molecule has 1 amide bonds. The van der Waals surface area contributed by atoms with Gasteiger partial charge in [-0.3, -0.25) is 0 Å². The van der Waals surface area contributed by atoms with Crippen LogP contribution in [-0.2, 0) is 20.7 Å². The van der Waals surface area contributed by atoms with Crippen LogP contribution in [0.2, 0.25) is 0 Å². The third kappa shape index (κ3) is 6.69. The number of hydrogen-bond donors (Lipinski definition) is 2. The fraction of sp³-hybridized carbons (Fsp3) is 0.467. The molecule has 1 atom stereocenters. The van der Waals surface area contributed by atoms with E-state index in [1.54, 1.807) is 32.9 Å². The van der Waals surface area contributed by atoms with E-state index in [2.05, 4.69) is 5.32 Å². The molecule has 0 aliphatic rings. The Hall–Kier alpha value is -0.780. The summed E-state index contributed by atoms with van der Waals surface area (Å²) in [6, 6.07) is 2.64. The van der Waals surface area contributed by atoms with Gasteiger partial charge in [-0.2, -0.15) is 0 Å². The Morgan fingerprint density at radius 2 is 1.78 bits per heavy atom. The number of phenolic OH excluding ortho intramolecular Hbond substituents is 1. The summed E-state index contributed by atoms with van der Waals surface area (Å²) in [5.74, 6) is -0.362. The molecule has 0 unspecified atom stereocenters. The van der Waals surface area contributed by atoms with Crippen molar-refractivity contribution in [1.82, 2.24) is 5.32 Å². The smallest absolute Gasteiger partial charge is 0.408 e. The quantitative estimate of drug-likeness (QED) is 0.447. The minimum absolute atomic E-state index is 0.199. The molecule has 23 heavy (non-hydrogen) atoms. The van der Waals surface area contributed by atoms with Gasteiger partial charge in [0.05, 0.1) is 14.3 Å². The van der Waals surface area contributed by atoms with Crippen LogP contribution < -0.4 is 5.32 Å². The fourth-order valence-electron chi connectivity index (χ4n) is 1.76. The second kappa shape index (κ2) is 8.36. The number of carbonyl (C=O) groups is 2. The zero-order valence-corrected chi connectivity index (χ0v) is 17.6. The van der Waals surface area contributed by atoms with Gasteiger partial charge in [0.1, 0.15) is 17.4 Å². The van der Waals surface area contributed by atoms with Crippen LogP contribution >= 0.6 is 45.2 Å². The molecule has 1 rings (SSSR count). The highest BCUT2D eigenvalue weighted by atomic mass is 127. The number of methoxy groups -OCH3 is 1. The molecule has 0 radical (unpaired) electrons. The Balaban J connectivity index is 2.92. The first-order valence-electron chi connectivity index (χ1n) is 6.77. The lowest BCUT2D eigenvalue weighted by Crippen LogP contribution is -2.45. The Morgan fingerprint density at radius 3 is 2.22 bits per heavy atom. The van der Waals surface area contributed by atoms with Crippen molar-refractivity contribution in [2.24, 2.45) is 0 Å². The summed E-state index contributed by atoms with van der Waals surface area (Å²) in [4.78, 5) is 23.8. The van der Waals surface area contributed by atoms with Crippen molar-refractivity contribution in [3.05, 3.63) is 24.8 Å². The van der Waals surface area contributed by atoms with Gasteiger partial charge >= 0.3 is 12.1 Å². The topological polar surface area (TPSA) is 84.9 Å². The number of alkyl carbamates (subject to hydrolysis) is 1. The molecular weight excluding hydrogens is 528 g/mol.